The maximum atomic E-state index is 12.9. The van der Waals surface area contributed by atoms with Gasteiger partial charge in [-0.05, 0) is 135 Å². The van der Waals surface area contributed by atoms with E-state index in [1.165, 1.54) is 6.42 Å². The van der Waals surface area contributed by atoms with Gasteiger partial charge in [0.25, 0.3) is 0 Å². The second kappa shape index (κ2) is 61.9. The van der Waals surface area contributed by atoms with Gasteiger partial charge in [-0.3, -0.25) is 23.4 Å². The van der Waals surface area contributed by atoms with Crippen molar-refractivity contribution >= 4 is 25.7 Å². The number of carbonyl (C=O) groups excluding carboxylic acids is 3. The number of phosphoric acid groups is 1. The number of rotatable bonds is 55. The lowest BCUT2D eigenvalue weighted by molar-refractivity contribution is -0.161. The summed E-state index contributed by atoms with van der Waals surface area (Å²) < 4.78 is 39.5. The molecule has 0 aliphatic carbocycles. The average molecular weight is 1160 g/mol. The van der Waals surface area contributed by atoms with Crippen LogP contribution in [-0.4, -0.2) is 66.5 Å². The first-order valence-electron chi connectivity index (χ1n) is 31.0. The maximum Gasteiger partial charge on any atom is 0.472 e. The monoisotopic (exact) mass is 1160 g/mol. The highest BCUT2D eigenvalue weighted by molar-refractivity contribution is 7.47. The molecule has 0 amide bonds. The van der Waals surface area contributed by atoms with E-state index < -0.39 is 57.8 Å². The van der Waals surface area contributed by atoms with Crippen molar-refractivity contribution in [2.45, 2.75) is 226 Å². The van der Waals surface area contributed by atoms with Gasteiger partial charge in [0.05, 0.1) is 19.8 Å². The van der Waals surface area contributed by atoms with Crippen LogP contribution in [0.2, 0.25) is 0 Å². The second-order valence-electron chi connectivity index (χ2n) is 19.7. The molecular formula is C70H109O11P. The Morgan fingerprint density at radius 2 is 0.622 bits per heavy atom. The molecule has 0 saturated heterocycles. The van der Waals surface area contributed by atoms with E-state index in [2.05, 4.69) is 179 Å². The lowest BCUT2D eigenvalue weighted by Gasteiger charge is -2.21. The molecule has 3 unspecified atom stereocenters. The van der Waals surface area contributed by atoms with Crippen molar-refractivity contribution in [2.75, 3.05) is 26.4 Å². The zero-order valence-corrected chi connectivity index (χ0v) is 51.8. The fraction of sp³-hybridized carbons (Fsp3) is 0.557. The van der Waals surface area contributed by atoms with Crippen LogP contribution in [0.25, 0.3) is 0 Å². The standard InChI is InChI=1S/C70H109O11P/c1-4-7-10-13-16-19-22-25-28-31-33-36-39-42-45-48-51-54-57-60-69(73)80-66(62-71)64-78-82(75,76)79-65-67(63-77-68(72)59-56-53-50-47-44-41-38-35-30-27-24-21-18-15-12-9-6-3)81-70(74)61-58-55-52-49-46-43-40-37-34-32-29-26-23-20-17-14-11-8-5-2/h7-12,16-21,25-30,33-34,36-37,42-43,45-46,52,55,66-67,71H,4-6,13-15,22-24,31-32,35,38-41,44,47-51,53-54,56-65H2,1-3H3,(H,75,76)/b10-7-,11-8-,12-9-,19-16-,20-17-,21-18-,28-25-,29-26-,30-27-,36-33-,37-34-,45-42-,46-43-,55-52-. The molecule has 82 heavy (non-hydrogen) atoms. The molecular weight excluding hydrogens is 1050 g/mol. The third kappa shape index (κ3) is 59.5. The van der Waals surface area contributed by atoms with Gasteiger partial charge in [-0.25, -0.2) is 4.57 Å². The summed E-state index contributed by atoms with van der Waals surface area (Å²) in [7, 11) is -4.80. The molecule has 0 aromatic carbocycles. The SMILES string of the molecule is CC/C=C\C/C=C\C/C=C\C/C=C\C/C=C\C/C=C\CCC(=O)OC(COC(=O)CCCCCCCCC/C=C\C/C=C\C/C=C\CC)COP(=O)(O)OCC(CO)OC(=O)CCCCC/C=C\C/C=C\C/C=C\C/C=C\C/C=C\CC. The van der Waals surface area contributed by atoms with Crippen molar-refractivity contribution in [3.8, 4) is 0 Å². The van der Waals surface area contributed by atoms with E-state index in [1.807, 2.05) is 12.2 Å². The molecule has 0 rings (SSSR count). The fourth-order valence-electron chi connectivity index (χ4n) is 7.54. The number of hydrogen-bond donors (Lipinski definition) is 2. The quantitative estimate of drug-likeness (QED) is 0.0197. The lowest BCUT2D eigenvalue weighted by Crippen LogP contribution is -2.30. The van der Waals surface area contributed by atoms with Crippen molar-refractivity contribution in [1.82, 2.24) is 0 Å². The Bertz CT molecular complexity index is 2030. The van der Waals surface area contributed by atoms with E-state index in [-0.39, 0.29) is 25.9 Å². The number of phosphoric ester groups is 1. The van der Waals surface area contributed by atoms with Gasteiger partial charge in [0.1, 0.15) is 12.7 Å². The van der Waals surface area contributed by atoms with E-state index in [0.29, 0.717) is 25.7 Å². The van der Waals surface area contributed by atoms with Crippen LogP contribution in [0.15, 0.2) is 170 Å². The molecule has 0 bridgehead atoms. The summed E-state index contributed by atoms with van der Waals surface area (Å²) in [6.07, 6.45) is 83.2. The third-order valence-electron chi connectivity index (χ3n) is 12.1. The van der Waals surface area contributed by atoms with Crippen LogP contribution in [0, 0.1) is 0 Å². The van der Waals surface area contributed by atoms with E-state index in [9.17, 15) is 28.9 Å². The summed E-state index contributed by atoms with van der Waals surface area (Å²) in [6.45, 7) is 4.16. The van der Waals surface area contributed by atoms with Gasteiger partial charge in [-0.1, -0.05) is 229 Å². The van der Waals surface area contributed by atoms with E-state index >= 15 is 0 Å². The van der Waals surface area contributed by atoms with Crippen molar-refractivity contribution in [3.63, 3.8) is 0 Å². The number of aliphatic hydroxyl groups excluding tert-OH is 1. The molecule has 0 heterocycles. The Balaban J connectivity index is 4.89. The van der Waals surface area contributed by atoms with Gasteiger partial charge in [0.2, 0.25) is 0 Å². The van der Waals surface area contributed by atoms with Crippen LogP contribution in [0.1, 0.15) is 213 Å². The van der Waals surface area contributed by atoms with Crippen molar-refractivity contribution in [1.29, 1.82) is 0 Å². The molecule has 3 atom stereocenters. The molecule has 0 radical (unpaired) electrons. The Labute approximate surface area is 497 Å². The molecule has 11 nitrogen and oxygen atoms in total. The fourth-order valence-corrected chi connectivity index (χ4v) is 8.32. The number of allylic oxidation sites excluding steroid dienone is 28. The molecule has 0 saturated carbocycles. The number of aliphatic hydroxyl groups is 1. The highest BCUT2D eigenvalue weighted by atomic mass is 31.2. The molecule has 12 heteroatoms. The van der Waals surface area contributed by atoms with Crippen LogP contribution >= 0.6 is 7.82 Å². The van der Waals surface area contributed by atoms with E-state index in [0.717, 1.165) is 141 Å². The Kier molecular flexibility index (Phi) is 58.0. The summed E-state index contributed by atoms with van der Waals surface area (Å²) >= 11 is 0. The van der Waals surface area contributed by atoms with Crippen LogP contribution in [0.5, 0.6) is 0 Å². The molecule has 0 aliphatic rings. The number of hydrogen-bond acceptors (Lipinski definition) is 10. The number of esters is 3. The molecule has 460 valence electrons. The number of ether oxygens (including phenoxy) is 3. The molecule has 0 spiro atoms. The lowest BCUT2D eigenvalue weighted by atomic mass is 10.1. The van der Waals surface area contributed by atoms with Gasteiger partial charge < -0.3 is 24.2 Å². The van der Waals surface area contributed by atoms with Gasteiger partial charge >= 0.3 is 25.7 Å². The average Bonchev–Trinajstić information content (AvgIpc) is 3.50. The topological polar surface area (TPSA) is 155 Å². The highest BCUT2D eigenvalue weighted by Crippen LogP contribution is 2.43. The molecule has 0 fully saturated rings. The second-order valence-corrected chi connectivity index (χ2v) is 21.2. The van der Waals surface area contributed by atoms with Crippen molar-refractivity contribution < 1.29 is 52.2 Å². The van der Waals surface area contributed by atoms with Gasteiger partial charge in [0.15, 0.2) is 6.10 Å². The third-order valence-corrected chi connectivity index (χ3v) is 13.1. The predicted octanol–water partition coefficient (Wildman–Crippen LogP) is 19.0. The Morgan fingerprint density at radius 1 is 0.341 bits per heavy atom. The zero-order chi connectivity index (χ0) is 59.8. The normalized spacial score (nSPS) is 14.5. The first-order valence-corrected chi connectivity index (χ1v) is 32.5. The van der Waals surface area contributed by atoms with Crippen LogP contribution in [0.4, 0.5) is 0 Å². The van der Waals surface area contributed by atoms with E-state index in [4.69, 9.17) is 23.3 Å². The highest BCUT2D eigenvalue weighted by Gasteiger charge is 2.28. The number of carbonyl (C=O) groups is 3. The van der Waals surface area contributed by atoms with Gasteiger partial charge in [-0.15, -0.1) is 0 Å². The maximum absolute atomic E-state index is 12.9. The largest absolute Gasteiger partial charge is 0.472 e. The minimum Gasteiger partial charge on any atom is -0.462 e. The molecule has 0 aromatic rings. The van der Waals surface area contributed by atoms with Crippen LogP contribution in [0.3, 0.4) is 0 Å². The van der Waals surface area contributed by atoms with E-state index in [1.54, 1.807) is 0 Å². The summed E-state index contributed by atoms with van der Waals surface area (Å²) in [4.78, 5) is 48.7. The first-order chi connectivity index (χ1) is 40.2. The molecule has 0 aromatic heterocycles. The van der Waals surface area contributed by atoms with Gasteiger partial charge in [-0.2, -0.15) is 0 Å². The first kappa shape index (κ1) is 76.8. The zero-order valence-electron chi connectivity index (χ0n) is 50.9. The van der Waals surface area contributed by atoms with Crippen LogP contribution < -0.4 is 0 Å². The van der Waals surface area contributed by atoms with Gasteiger partial charge in [0, 0.05) is 19.3 Å². The number of unbranched alkanes of at least 4 members (excludes halogenated alkanes) is 10. The summed E-state index contributed by atoms with van der Waals surface area (Å²) in [5.74, 6) is -1.63. The predicted molar refractivity (Wildman–Crippen MR) is 343 cm³/mol. The Morgan fingerprint density at radius 3 is 1.00 bits per heavy atom. The van der Waals surface area contributed by atoms with Crippen molar-refractivity contribution in [2.24, 2.45) is 0 Å². The summed E-state index contributed by atoms with van der Waals surface area (Å²) in [5, 5.41) is 9.85. The summed E-state index contributed by atoms with van der Waals surface area (Å²) in [6, 6.07) is 0. The summed E-state index contributed by atoms with van der Waals surface area (Å²) in [5.41, 5.74) is 0. The molecule has 0 aliphatic heterocycles. The Hall–Kier alpha value is -5.16. The minimum absolute atomic E-state index is 0.0273. The minimum atomic E-state index is -4.80. The smallest absolute Gasteiger partial charge is 0.462 e. The molecule has 2 N–H and O–H groups in total. The van der Waals surface area contributed by atoms with Crippen molar-refractivity contribution in [3.05, 3.63) is 170 Å². The van der Waals surface area contributed by atoms with Crippen LogP contribution in [-0.2, 0) is 42.2 Å².